The van der Waals surface area contributed by atoms with Gasteiger partial charge in [-0.3, -0.25) is 9.69 Å². The molecular formula is C13H21N3O3S2. The molecule has 1 amide bonds. The zero-order valence-corrected chi connectivity index (χ0v) is 13.7. The molecule has 0 bridgehead atoms. The van der Waals surface area contributed by atoms with Crippen LogP contribution in [0.15, 0.2) is 17.5 Å². The van der Waals surface area contributed by atoms with Crippen LogP contribution in [-0.2, 0) is 21.4 Å². The number of amides is 1. The summed E-state index contributed by atoms with van der Waals surface area (Å²) in [6.45, 7) is 2.56. The average molecular weight is 331 g/mol. The molecule has 21 heavy (non-hydrogen) atoms. The Balaban J connectivity index is 1.77. The molecule has 0 radical (unpaired) electrons. The third kappa shape index (κ3) is 6.13. The SMILES string of the molecule is CS(=O)(=O)NCC(=O)NC1CCCN(Cc2cccs2)C1. The molecule has 1 aliphatic heterocycles. The second-order valence-corrected chi connectivity index (χ2v) is 8.18. The lowest BCUT2D eigenvalue weighted by molar-refractivity contribution is -0.121. The number of thiophene rings is 1. The van der Waals surface area contributed by atoms with Gasteiger partial charge in [-0.25, -0.2) is 13.1 Å². The van der Waals surface area contributed by atoms with E-state index in [0.29, 0.717) is 0 Å². The van der Waals surface area contributed by atoms with E-state index in [1.807, 2.05) is 6.07 Å². The number of sulfonamides is 1. The van der Waals surface area contributed by atoms with Crippen LogP contribution in [0.4, 0.5) is 0 Å². The maximum atomic E-state index is 11.7. The van der Waals surface area contributed by atoms with Crippen LogP contribution in [0.2, 0.25) is 0 Å². The van der Waals surface area contributed by atoms with Gasteiger partial charge in [-0.2, -0.15) is 0 Å². The Morgan fingerprint density at radius 1 is 1.52 bits per heavy atom. The van der Waals surface area contributed by atoms with E-state index in [1.54, 1.807) is 11.3 Å². The van der Waals surface area contributed by atoms with E-state index in [4.69, 9.17) is 0 Å². The van der Waals surface area contributed by atoms with Gasteiger partial charge in [0.15, 0.2) is 0 Å². The summed E-state index contributed by atoms with van der Waals surface area (Å²) in [5.41, 5.74) is 0. The van der Waals surface area contributed by atoms with Crippen molar-refractivity contribution in [3.8, 4) is 0 Å². The summed E-state index contributed by atoms with van der Waals surface area (Å²) >= 11 is 1.74. The monoisotopic (exact) mass is 331 g/mol. The molecule has 1 aromatic rings. The van der Waals surface area contributed by atoms with Gasteiger partial charge in [0, 0.05) is 24.0 Å². The summed E-state index contributed by atoms with van der Waals surface area (Å²) < 4.78 is 24.1. The summed E-state index contributed by atoms with van der Waals surface area (Å²) in [6.07, 6.45) is 3.02. The highest BCUT2D eigenvalue weighted by molar-refractivity contribution is 7.88. The van der Waals surface area contributed by atoms with E-state index in [9.17, 15) is 13.2 Å². The van der Waals surface area contributed by atoms with Crippen LogP contribution < -0.4 is 10.0 Å². The average Bonchev–Trinajstić information content (AvgIpc) is 2.89. The number of piperidine rings is 1. The summed E-state index contributed by atoms with van der Waals surface area (Å²) in [4.78, 5) is 15.4. The third-order valence-corrected chi connectivity index (χ3v) is 4.85. The fraction of sp³-hybridized carbons (Fsp3) is 0.615. The quantitative estimate of drug-likeness (QED) is 0.790. The van der Waals surface area contributed by atoms with Gasteiger partial charge in [0.25, 0.3) is 0 Å². The number of hydrogen-bond donors (Lipinski definition) is 2. The second-order valence-electron chi connectivity index (χ2n) is 5.31. The van der Waals surface area contributed by atoms with Crippen molar-refractivity contribution in [1.82, 2.24) is 14.9 Å². The van der Waals surface area contributed by atoms with E-state index >= 15 is 0 Å². The zero-order chi connectivity index (χ0) is 15.3. The van der Waals surface area contributed by atoms with Crippen molar-refractivity contribution in [2.24, 2.45) is 0 Å². The maximum absolute atomic E-state index is 11.7. The van der Waals surface area contributed by atoms with Crippen LogP contribution in [0.5, 0.6) is 0 Å². The van der Waals surface area contributed by atoms with Gasteiger partial charge in [-0.1, -0.05) is 6.07 Å². The van der Waals surface area contributed by atoms with Gasteiger partial charge in [0.1, 0.15) is 0 Å². The molecule has 1 aliphatic rings. The van der Waals surface area contributed by atoms with Gasteiger partial charge >= 0.3 is 0 Å². The number of rotatable bonds is 6. The normalized spacial score (nSPS) is 20.3. The number of carbonyl (C=O) groups excluding carboxylic acids is 1. The van der Waals surface area contributed by atoms with Gasteiger partial charge in [0.05, 0.1) is 12.8 Å². The Kier molecular flexibility index (Phi) is 5.74. The molecular weight excluding hydrogens is 310 g/mol. The maximum Gasteiger partial charge on any atom is 0.235 e. The standard InChI is InChI=1S/C13H21N3O3S2/c1-21(18,19)14-8-13(17)15-11-4-2-6-16(9-11)10-12-5-3-7-20-12/h3,5,7,11,14H,2,4,6,8-10H2,1H3,(H,15,17). The summed E-state index contributed by atoms with van der Waals surface area (Å²) in [5.74, 6) is -0.275. The number of carbonyl (C=O) groups is 1. The summed E-state index contributed by atoms with van der Waals surface area (Å²) in [6, 6.07) is 4.25. The van der Waals surface area contributed by atoms with Crippen molar-refractivity contribution < 1.29 is 13.2 Å². The second kappa shape index (κ2) is 7.35. The Bertz CT molecular complexity index is 557. The highest BCUT2D eigenvalue weighted by atomic mass is 32.2. The molecule has 6 nitrogen and oxygen atoms in total. The Hall–Kier alpha value is -0.960. The Morgan fingerprint density at radius 3 is 3.00 bits per heavy atom. The number of hydrogen-bond acceptors (Lipinski definition) is 5. The summed E-state index contributed by atoms with van der Waals surface area (Å²) in [5, 5.41) is 4.96. The van der Waals surface area contributed by atoms with E-state index in [-0.39, 0.29) is 18.5 Å². The molecule has 0 spiro atoms. The van der Waals surface area contributed by atoms with Crippen molar-refractivity contribution in [2.75, 3.05) is 25.9 Å². The van der Waals surface area contributed by atoms with Crippen molar-refractivity contribution in [2.45, 2.75) is 25.4 Å². The molecule has 1 fully saturated rings. The molecule has 118 valence electrons. The van der Waals surface area contributed by atoms with Crippen molar-refractivity contribution >= 4 is 27.3 Å². The largest absolute Gasteiger partial charge is 0.351 e. The molecule has 2 N–H and O–H groups in total. The first-order valence-corrected chi connectivity index (χ1v) is 9.68. The molecule has 1 atom stereocenters. The first-order chi connectivity index (χ1) is 9.92. The third-order valence-electron chi connectivity index (χ3n) is 3.33. The Morgan fingerprint density at radius 2 is 2.33 bits per heavy atom. The van der Waals surface area contributed by atoms with E-state index in [1.165, 1.54) is 4.88 Å². The molecule has 2 heterocycles. The zero-order valence-electron chi connectivity index (χ0n) is 12.0. The minimum absolute atomic E-state index is 0.0903. The predicted molar refractivity (Wildman–Crippen MR) is 83.6 cm³/mol. The van der Waals surface area contributed by atoms with Crippen molar-refractivity contribution in [3.63, 3.8) is 0 Å². The van der Waals surface area contributed by atoms with Gasteiger partial charge in [-0.05, 0) is 30.8 Å². The number of nitrogens with zero attached hydrogens (tertiary/aromatic N) is 1. The van der Waals surface area contributed by atoms with Crippen LogP contribution in [-0.4, -0.2) is 51.2 Å². The van der Waals surface area contributed by atoms with Crippen LogP contribution in [0.1, 0.15) is 17.7 Å². The number of nitrogens with one attached hydrogen (secondary N) is 2. The summed E-state index contributed by atoms with van der Waals surface area (Å²) in [7, 11) is -3.32. The minimum Gasteiger partial charge on any atom is -0.351 e. The molecule has 0 saturated carbocycles. The molecule has 1 saturated heterocycles. The van der Waals surface area contributed by atoms with Gasteiger partial charge < -0.3 is 5.32 Å². The number of likely N-dealkylation sites (tertiary alicyclic amines) is 1. The van der Waals surface area contributed by atoms with Crippen LogP contribution in [0.3, 0.4) is 0 Å². The predicted octanol–water partition coefficient (Wildman–Crippen LogP) is 0.378. The van der Waals surface area contributed by atoms with Gasteiger partial charge in [-0.15, -0.1) is 11.3 Å². The van der Waals surface area contributed by atoms with Crippen molar-refractivity contribution in [3.05, 3.63) is 22.4 Å². The fourth-order valence-electron chi connectivity index (χ4n) is 2.42. The first kappa shape index (κ1) is 16.4. The van der Waals surface area contributed by atoms with Crippen LogP contribution in [0.25, 0.3) is 0 Å². The lowest BCUT2D eigenvalue weighted by Gasteiger charge is -2.32. The molecule has 0 aliphatic carbocycles. The highest BCUT2D eigenvalue weighted by Crippen LogP contribution is 2.16. The highest BCUT2D eigenvalue weighted by Gasteiger charge is 2.21. The molecule has 0 aromatic carbocycles. The smallest absolute Gasteiger partial charge is 0.235 e. The molecule has 1 unspecified atom stereocenters. The Labute approximate surface area is 129 Å². The van der Waals surface area contributed by atoms with E-state index in [0.717, 1.165) is 38.7 Å². The molecule has 1 aromatic heterocycles. The van der Waals surface area contributed by atoms with E-state index in [2.05, 4.69) is 26.4 Å². The van der Waals surface area contributed by atoms with E-state index < -0.39 is 10.0 Å². The van der Waals surface area contributed by atoms with Crippen LogP contribution >= 0.6 is 11.3 Å². The first-order valence-electron chi connectivity index (χ1n) is 6.91. The fourth-order valence-corrected chi connectivity index (χ4v) is 3.55. The lowest BCUT2D eigenvalue weighted by Crippen LogP contribution is -2.49. The molecule has 8 heteroatoms. The lowest BCUT2D eigenvalue weighted by atomic mass is 10.1. The van der Waals surface area contributed by atoms with Crippen molar-refractivity contribution in [1.29, 1.82) is 0 Å². The van der Waals surface area contributed by atoms with Gasteiger partial charge in [0.2, 0.25) is 15.9 Å². The van der Waals surface area contributed by atoms with Crippen LogP contribution in [0, 0.1) is 0 Å². The molecule has 2 rings (SSSR count). The minimum atomic E-state index is -3.32. The topological polar surface area (TPSA) is 78.5 Å².